The first-order valence-electron chi connectivity index (χ1n) is 11.4. The molecule has 5 rings (SSSR count). The summed E-state index contributed by atoms with van der Waals surface area (Å²) in [6.07, 6.45) is 1.31. The highest BCUT2D eigenvalue weighted by molar-refractivity contribution is 6.39. The second-order valence-electron chi connectivity index (χ2n) is 8.25. The lowest BCUT2D eigenvalue weighted by atomic mass is 10.1. The highest BCUT2D eigenvalue weighted by atomic mass is 19.1. The Labute approximate surface area is 211 Å². The highest BCUT2D eigenvalue weighted by Gasteiger charge is 2.38. The molecule has 4 amide bonds. The van der Waals surface area contributed by atoms with Crippen molar-refractivity contribution < 1.29 is 28.2 Å². The number of ether oxygens (including phenoxy) is 2. The van der Waals surface area contributed by atoms with Gasteiger partial charge >= 0.3 is 6.03 Å². The molecule has 1 fully saturated rings. The fourth-order valence-electron chi connectivity index (χ4n) is 4.14. The second-order valence-corrected chi connectivity index (χ2v) is 8.25. The fourth-order valence-corrected chi connectivity index (χ4v) is 4.14. The minimum absolute atomic E-state index is 0.252. The molecule has 0 spiro atoms. The first kappa shape index (κ1) is 23.7. The van der Waals surface area contributed by atoms with Gasteiger partial charge in [-0.15, -0.1) is 0 Å². The lowest BCUT2D eigenvalue weighted by molar-refractivity contribution is -0.122. The van der Waals surface area contributed by atoms with Gasteiger partial charge in [0.05, 0.1) is 12.8 Å². The molecule has 0 unspecified atom stereocenters. The number of methoxy groups -OCH3 is 1. The fraction of sp³-hybridized carbons (Fsp3) is 0.0690. The molecule has 184 valence electrons. The molecule has 0 aromatic heterocycles. The minimum atomic E-state index is -1.02. The molecule has 1 aliphatic heterocycles. The van der Waals surface area contributed by atoms with Crippen molar-refractivity contribution in [3.8, 4) is 11.5 Å². The number of para-hydroxylation sites is 1. The van der Waals surface area contributed by atoms with Gasteiger partial charge in [-0.25, -0.2) is 14.1 Å². The van der Waals surface area contributed by atoms with Crippen LogP contribution in [0.5, 0.6) is 11.5 Å². The minimum Gasteiger partial charge on any atom is -0.493 e. The van der Waals surface area contributed by atoms with Crippen LogP contribution in [0.3, 0.4) is 0 Å². The third-order valence-electron chi connectivity index (χ3n) is 5.96. The highest BCUT2D eigenvalue weighted by Crippen LogP contribution is 2.31. The van der Waals surface area contributed by atoms with Gasteiger partial charge in [0.25, 0.3) is 11.8 Å². The summed E-state index contributed by atoms with van der Waals surface area (Å²) in [5.41, 5.74) is 0.886. The van der Waals surface area contributed by atoms with Crippen molar-refractivity contribution >= 4 is 40.4 Å². The molecule has 1 N–H and O–H groups in total. The number of halogens is 1. The molecular weight excluding hydrogens is 475 g/mol. The maximum Gasteiger partial charge on any atom is 0.336 e. The summed E-state index contributed by atoms with van der Waals surface area (Å²) >= 11 is 0. The Bertz CT molecular complexity index is 1570. The zero-order chi connectivity index (χ0) is 25.9. The van der Waals surface area contributed by atoms with E-state index in [-0.39, 0.29) is 11.3 Å². The van der Waals surface area contributed by atoms with Gasteiger partial charge in [0.2, 0.25) is 0 Å². The van der Waals surface area contributed by atoms with Crippen LogP contribution in [0.25, 0.3) is 16.8 Å². The van der Waals surface area contributed by atoms with Gasteiger partial charge in [-0.05, 0) is 52.2 Å². The normalized spacial score (nSPS) is 14.7. The number of nitrogens with zero attached hydrogens (tertiary/aromatic N) is 1. The van der Waals surface area contributed by atoms with E-state index in [2.05, 4.69) is 5.32 Å². The number of hydrogen-bond acceptors (Lipinski definition) is 5. The molecule has 37 heavy (non-hydrogen) atoms. The van der Waals surface area contributed by atoms with E-state index in [9.17, 15) is 18.8 Å². The SMILES string of the molecule is COc1cc(/C=C2/C(=O)NC(=O)N(c3ccccc3F)C2=O)ccc1OCc1cccc2ccccc12. The number of barbiturate groups is 1. The van der Waals surface area contributed by atoms with Gasteiger partial charge in [0.1, 0.15) is 18.0 Å². The molecule has 1 heterocycles. The van der Waals surface area contributed by atoms with Crippen molar-refractivity contribution in [2.24, 2.45) is 0 Å². The van der Waals surface area contributed by atoms with E-state index in [0.29, 0.717) is 28.6 Å². The van der Waals surface area contributed by atoms with Crippen molar-refractivity contribution in [3.63, 3.8) is 0 Å². The first-order chi connectivity index (χ1) is 18.0. The van der Waals surface area contributed by atoms with Crippen LogP contribution in [0.15, 0.2) is 90.5 Å². The standard InChI is InChI=1S/C29H21FN2O5/c1-36-26-16-18(13-14-25(26)37-17-20-9-6-8-19-7-2-3-10-21(19)20)15-22-27(33)31-29(35)32(28(22)34)24-12-5-4-11-23(24)30/h2-16H,17H2,1H3,(H,31,33,35)/b22-15-. The Hall–Kier alpha value is -4.98. The first-order valence-corrected chi connectivity index (χ1v) is 11.4. The molecule has 0 saturated carbocycles. The van der Waals surface area contributed by atoms with Gasteiger partial charge in [-0.3, -0.25) is 14.9 Å². The van der Waals surface area contributed by atoms with Crippen LogP contribution in [0.4, 0.5) is 14.9 Å². The quantitative estimate of drug-likeness (QED) is 0.292. The zero-order valence-corrected chi connectivity index (χ0v) is 19.7. The number of hydrogen-bond donors (Lipinski definition) is 1. The van der Waals surface area contributed by atoms with Crippen LogP contribution in [0, 0.1) is 5.82 Å². The van der Waals surface area contributed by atoms with E-state index in [1.807, 2.05) is 42.5 Å². The number of carbonyl (C=O) groups excluding carboxylic acids is 3. The van der Waals surface area contributed by atoms with E-state index >= 15 is 0 Å². The average molecular weight is 496 g/mol. The smallest absolute Gasteiger partial charge is 0.336 e. The lowest BCUT2D eigenvalue weighted by Crippen LogP contribution is -2.54. The van der Waals surface area contributed by atoms with E-state index in [0.717, 1.165) is 22.4 Å². The number of imide groups is 2. The molecular formula is C29H21FN2O5. The molecule has 0 aliphatic carbocycles. The lowest BCUT2D eigenvalue weighted by Gasteiger charge is -2.26. The van der Waals surface area contributed by atoms with Crippen LogP contribution < -0.4 is 19.7 Å². The van der Waals surface area contributed by atoms with Crippen molar-refractivity contribution in [2.45, 2.75) is 6.61 Å². The number of nitrogens with one attached hydrogen (secondary N) is 1. The summed E-state index contributed by atoms with van der Waals surface area (Å²) in [5, 5.41) is 4.28. The molecule has 0 bridgehead atoms. The van der Waals surface area contributed by atoms with Crippen LogP contribution in [-0.2, 0) is 16.2 Å². The number of benzene rings is 4. The molecule has 1 aliphatic rings. The topological polar surface area (TPSA) is 84.9 Å². The van der Waals surface area contributed by atoms with E-state index < -0.39 is 23.7 Å². The van der Waals surface area contributed by atoms with Crippen LogP contribution in [0.1, 0.15) is 11.1 Å². The van der Waals surface area contributed by atoms with Crippen LogP contribution in [-0.4, -0.2) is 25.0 Å². The van der Waals surface area contributed by atoms with E-state index in [1.165, 1.54) is 31.4 Å². The summed E-state index contributed by atoms with van der Waals surface area (Å²) in [5.74, 6) is -1.72. The Morgan fingerprint density at radius 3 is 2.46 bits per heavy atom. The number of carbonyl (C=O) groups is 3. The van der Waals surface area contributed by atoms with Gasteiger partial charge in [-0.1, -0.05) is 60.7 Å². The summed E-state index contributed by atoms with van der Waals surface area (Å²) in [6.45, 7) is 0.304. The predicted octanol–water partition coefficient (Wildman–Crippen LogP) is 5.23. The molecule has 0 radical (unpaired) electrons. The van der Waals surface area contributed by atoms with Gasteiger partial charge in [0, 0.05) is 0 Å². The molecule has 0 atom stereocenters. The number of fused-ring (bicyclic) bond motifs is 1. The van der Waals surface area contributed by atoms with E-state index in [1.54, 1.807) is 18.2 Å². The molecule has 4 aromatic carbocycles. The van der Waals surface area contributed by atoms with Gasteiger partial charge < -0.3 is 9.47 Å². The summed E-state index contributed by atoms with van der Waals surface area (Å²) in [4.78, 5) is 38.4. The van der Waals surface area contributed by atoms with Crippen LogP contribution in [0.2, 0.25) is 0 Å². The predicted molar refractivity (Wildman–Crippen MR) is 137 cm³/mol. The third kappa shape index (κ3) is 4.64. The molecule has 1 saturated heterocycles. The number of rotatable bonds is 6. The number of anilines is 1. The third-order valence-corrected chi connectivity index (χ3v) is 5.96. The average Bonchev–Trinajstić information content (AvgIpc) is 2.91. The monoisotopic (exact) mass is 496 g/mol. The Kier molecular flexibility index (Phi) is 6.38. The summed E-state index contributed by atoms with van der Waals surface area (Å²) in [6, 6.07) is 23.2. The van der Waals surface area contributed by atoms with Gasteiger partial charge in [-0.2, -0.15) is 0 Å². The summed E-state index contributed by atoms with van der Waals surface area (Å²) in [7, 11) is 1.48. The Morgan fingerprint density at radius 2 is 1.65 bits per heavy atom. The molecule has 8 heteroatoms. The number of urea groups is 1. The van der Waals surface area contributed by atoms with Crippen molar-refractivity contribution in [3.05, 3.63) is 107 Å². The van der Waals surface area contributed by atoms with Gasteiger partial charge in [0.15, 0.2) is 11.5 Å². The second kappa shape index (κ2) is 9.94. The maximum atomic E-state index is 14.3. The van der Waals surface area contributed by atoms with Crippen molar-refractivity contribution in [1.29, 1.82) is 0 Å². The Balaban J connectivity index is 1.41. The Morgan fingerprint density at radius 1 is 0.892 bits per heavy atom. The maximum absolute atomic E-state index is 14.3. The number of amides is 4. The largest absolute Gasteiger partial charge is 0.493 e. The van der Waals surface area contributed by atoms with Crippen LogP contribution >= 0.6 is 0 Å². The van der Waals surface area contributed by atoms with Crippen molar-refractivity contribution in [1.82, 2.24) is 5.32 Å². The summed E-state index contributed by atoms with van der Waals surface area (Å²) < 4.78 is 25.8. The van der Waals surface area contributed by atoms with E-state index in [4.69, 9.17) is 9.47 Å². The van der Waals surface area contributed by atoms with Crippen molar-refractivity contribution in [2.75, 3.05) is 12.0 Å². The molecule has 4 aromatic rings. The zero-order valence-electron chi connectivity index (χ0n) is 19.7. The molecule has 7 nitrogen and oxygen atoms in total.